The number of rotatable bonds is 2. The van der Waals surface area contributed by atoms with Crippen molar-refractivity contribution in [3.63, 3.8) is 0 Å². The van der Waals surface area contributed by atoms with Crippen LogP contribution in [0.15, 0.2) is 39.8 Å². The topological polar surface area (TPSA) is 66.2 Å². The van der Waals surface area contributed by atoms with E-state index in [1.807, 2.05) is 18.2 Å². The Hall–Kier alpha value is -0.460. The predicted octanol–water partition coefficient (Wildman–Crippen LogP) is -1.11. The molecule has 0 aliphatic rings. The molecule has 0 spiro atoms. The van der Waals surface area contributed by atoms with E-state index in [0.717, 1.165) is 0 Å². The smallest absolute Gasteiger partial charge is 0.767 e. The molecule has 4 nitrogen and oxygen atoms in total. The number of aryl methyl sites for hydroxylation is 1. The van der Waals surface area contributed by atoms with Crippen molar-refractivity contribution >= 4 is 11.1 Å². The average molecular weight is 245 g/mol. The van der Waals surface area contributed by atoms with Crippen LogP contribution in [0.3, 0.4) is 0 Å². The van der Waals surface area contributed by atoms with Crippen LogP contribution in [0.1, 0.15) is 5.89 Å². The average Bonchev–Trinajstić information content (AvgIpc) is 2.62. The molecule has 1 atom stereocenters. The third-order valence-electron chi connectivity index (χ3n) is 1.90. The fourth-order valence-corrected chi connectivity index (χ4v) is 1.81. The SMILES string of the molecule is Cc1nc(S(=O)[O-])c(-c2ccccc2)o1.[Na+]. The Morgan fingerprint density at radius 2 is 1.94 bits per heavy atom. The van der Waals surface area contributed by atoms with Crippen molar-refractivity contribution in [2.75, 3.05) is 0 Å². The van der Waals surface area contributed by atoms with E-state index in [-0.39, 0.29) is 34.6 Å². The number of hydrogen-bond donors (Lipinski definition) is 0. The number of aromatic nitrogens is 1. The Kier molecular flexibility index (Phi) is 4.89. The first-order valence-electron chi connectivity index (χ1n) is 4.30. The van der Waals surface area contributed by atoms with Crippen molar-refractivity contribution in [2.45, 2.75) is 11.9 Å². The molecule has 0 radical (unpaired) electrons. The van der Waals surface area contributed by atoms with Crippen LogP contribution in [-0.2, 0) is 11.1 Å². The van der Waals surface area contributed by atoms with Gasteiger partial charge in [-0.25, -0.2) is 4.98 Å². The first-order chi connectivity index (χ1) is 7.18. The zero-order valence-corrected chi connectivity index (χ0v) is 11.8. The van der Waals surface area contributed by atoms with E-state index >= 15 is 0 Å². The van der Waals surface area contributed by atoms with E-state index in [4.69, 9.17) is 4.42 Å². The Morgan fingerprint density at radius 1 is 1.31 bits per heavy atom. The van der Waals surface area contributed by atoms with Gasteiger partial charge in [0.05, 0.1) is 0 Å². The van der Waals surface area contributed by atoms with Crippen molar-refractivity contribution in [3.8, 4) is 11.3 Å². The normalized spacial score (nSPS) is 11.9. The van der Waals surface area contributed by atoms with Crippen LogP contribution in [0.25, 0.3) is 11.3 Å². The standard InChI is InChI=1S/C10H9NO3S.Na/c1-7-11-10(15(12)13)9(14-7)8-5-3-2-4-6-8;/h2-6H,1H3,(H,12,13);/q;+1/p-1. The second-order valence-corrected chi connectivity index (χ2v) is 3.82. The molecule has 2 aromatic rings. The minimum atomic E-state index is -2.38. The van der Waals surface area contributed by atoms with Gasteiger partial charge in [-0.1, -0.05) is 30.3 Å². The third kappa shape index (κ3) is 2.81. The van der Waals surface area contributed by atoms with Crippen molar-refractivity contribution < 1.29 is 42.7 Å². The fraction of sp³-hybridized carbons (Fsp3) is 0.100. The van der Waals surface area contributed by atoms with Crippen LogP contribution < -0.4 is 29.6 Å². The van der Waals surface area contributed by atoms with Gasteiger partial charge in [-0.2, -0.15) is 0 Å². The minimum Gasteiger partial charge on any atom is -0.767 e. The maximum absolute atomic E-state index is 10.9. The van der Waals surface area contributed by atoms with Crippen LogP contribution in [0.5, 0.6) is 0 Å². The molecule has 1 aromatic heterocycles. The summed E-state index contributed by atoms with van der Waals surface area (Å²) in [5, 5.41) is -0.0429. The molecule has 0 saturated heterocycles. The van der Waals surface area contributed by atoms with Crippen LogP contribution >= 0.6 is 0 Å². The molecular weight excluding hydrogens is 237 g/mol. The van der Waals surface area contributed by atoms with E-state index in [0.29, 0.717) is 17.2 Å². The largest absolute Gasteiger partial charge is 1.00 e. The van der Waals surface area contributed by atoms with Crippen LogP contribution in [0, 0.1) is 6.92 Å². The number of nitrogens with zero attached hydrogens (tertiary/aromatic N) is 1. The zero-order valence-electron chi connectivity index (χ0n) is 8.97. The van der Waals surface area contributed by atoms with Gasteiger partial charge in [0.15, 0.2) is 16.7 Å². The Labute approximate surface area is 118 Å². The molecule has 1 aromatic carbocycles. The summed E-state index contributed by atoms with van der Waals surface area (Å²) in [7, 11) is 0. The Bertz CT molecular complexity index is 498. The number of benzene rings is 1. The molecule has 6 heteroatoms. The van der Waals surface area contributed by atoms with Gasteiger partial charge in [-0.15, -0.1) is 0 Å². The van der Waals surface area contributed by atoms with Crippen molar-refractivity contribution in [1.29, 1.82) is 0 Å². The van der Waals surface area contributed by atoms with E-state index in [1.165, 1.54) is 0 Å². The van der Waals surface area contributed by atoms with Crippen molar-refractivity contribution in [1.82, 2.24) is 4.98 Å². The van der Waals surface area contributed by atoms with E-state index in [9.17, 15) is 8.76 Å². The molecule has 78 valence electrons. The summed E-state index contributed by atoms with van der Waals surface area (Å²) in [6, 6.07) is 9.02. The molecular formula is C10H8NNaO3S. The summed E-state index contributed by atoms with van der Waals surface area (Å²) in [5.41, 5.74) is 0.706. The van der Waals surface area contributed by atoms with Crippen LogP contribution in [0.2, 0.25) is 0 Å². The van der Waals surface area contributed by atoms with Crippen molar-refractivity contribution in [2.24, 2.45) is 0 Å². The van der Waals surface area contributed by atoms with Crippen LogP contribution in [0.4, 0.5) is 0 Å². The predicted molar refractivity (Wildman–Crippen MR) is 53.9 cm³/mol. The van der Waals surface area contributed by atoms with Gasteiger partial charge in [0.25, 0.3) is 0 Å². The molecule has 0 amide bonds. The summed E-state index contributed by atoms with van der Waals surface area (Å²) in [4.78, 5) is 3.81. The summed E-state index contributed by atoms with van der Waals surface area (Å²) in [6.45, 7) is 1.61. The molecule has 0 N–H and O–H groups in total. The molecule has 1 unspecified atom stereocenters. The summed E-state index contributed by atoms with van der Waals surface area (Å²) in [6.07, 6.45) is 0. The quantitative estimate of drug-likeness (QED) is 0.497. The summed E-state index contributed by atoms with van der Waals surface area (Å²) >= 11 is -2.38. The Morgan fingerprint density at radius 3 is 2.50 bits per heavy atom. The Balaban J connectivity index is 0.00000128. The summed E-state index contributed by atoms with van der Waals surface area (Å²) in [5.74, 6) is 0.634. The molecule has 2 rings (SSSR count). The zero-order chi connectivity index (χ0) is 10.8. The van der Waals surface area contributed by atoms with Gasteiger partial charge in [0.2, 0.25) is 0 Å². The van der Waals surface area contributed by atoms with Gasteiger partial charge >= 0.3 is 29.6 Å². The maximum atomic E-state index is 10.9. The summed E-state index contributed by atoms with van der Waals surface area (Å²) < 4.78 is 27.0. The van der Waals surface area contributed by atoms with Gasteiger partial charge in [0.1, 0.15) is 0 Å². The first kappa shape index (κ1) is 13.6. The monoisotopic (exact) mass is 245 g/mol. The number of oxazole rings is 1. The van der Waals surface area contributed by atoms with E-state index in [2.05, 4.69) is 4.98 Å². The van der Waals surface area contributed by atoms with Crippen LogP contribution in [-0.4, -0.2) is 13.7 Å². The second-order valence-electron chi connectivity index (χ2n) is 2.97. The second kappa shape index (κ2) is 5.75. The molecule has 16 heavy (non-hydrogen) atoms. The maximum Gasteiger partial charge on any atom is 1.00 e. The van der Waals surface area contributed by atoms with E-state index < -0.39 is 11.1 Å². The first-order valence-corrected chi connectivity index (χ1v) is 5.38. The van der Waals surface area contributed by atoms with Gasteiger partial charge < -0.3 is 8.97 Å². The molecule has 0 bridgehead atoms. The van der Waals surface area contributed by atoms with Crippen molar-refractivity contribution in [3.05, 3.63) is 36.2 Å². The molecule has 0 saturated carbocycles. The molecule has 1 heterocycles. The molecule has 0 aliphatic carbocycles. The third-order valence-corrected chi connectivity index (χ3v) is 2.49. The van der Waals surface area contributed by atoms with Gasteiger partial charge in [-0.05, 0) is 0 Å². The van der Waals surface area contributed by atoms with Gasteiger partial charge in [-0.3, -0.25) is 4.21 Å². The fourth-order valence-electron chi connectivity index (χ4n) is 1.29. The molecule has 0 fully saturated rings. The molecule has 0 aliphatic heterocycles. The van der Waals surface area contributed by atoms with Gasteiger partial charge in [0, 0.05) is 23.6 Å². The minimum absolute atomic E-state index is 0. The van der Waals surface area contributed by atoms with E-state index in [1.54, 1.807) is 19.1 Å². The number of hydrogen-bond acceptors (Lipinski definition) is 4.